The zero-order chi connectivity index (χ0) is 14.8. The van der Waals surface area contributed by atoms with Crippen LogP contribution >= 0.6 is 11.6 Å². The average Bonchev–Trinajstić information content (AvgIpc) is 3.18. The molecule has 110 valence electrons. The van der Waals surface area contributed by atoms with Crippen molar-refractivity contribution in [1.29, 1.82) is 0 Å². The van der Waals surface area contributed by atoms with Crippen molar-refractivity contribution in [3.05, 3.63) is 29.2 Å². The summed E-state index contributed by atoms with van der Waals surface area (Å²) in [5, 5.41) is 17.5. The van der Waals surface area contributed by atoms with Gasteiger partial charge in [0, 0.05) is 6.20 Å². The SMILES string of the molecule is C[C@H](NC(=O)Nc1ccc(Cl)cn1)c1nnnn1C1CC1. The van der Waals surface area contributed by atoms with Crippen LogP contribution in [0.5, 0.6) is 0 Å². The van der Waals surface area contributed by atoms with Crippen LogP contribution in [0.1, 0.15) is 37.7 Å². The Morgan fingerprint density at radius 1 is 1.48 bits per heavy atom. The summed E-state index contributed by atoms with van der Waals surface area (Å²) in [4.78, 5) is 15.9. The Balaban J connectivity index is 1.61. The van der Waals surface area contributed by atoms with Crippen molar-refractivity contribution < 1.29 is 4.79 Å². The fourth-order valence-corrected chi connectivity index (χ4v) is 2.04. The molecule has 1 fully saturated rings. The van der Waals surface area contributed by atoms with Crippen molar-refractivity contribution in [1.82, 2.24) is 30.5 Å². The van der Waals surface area contributed by atoms with Gasteiger partial charge in [0.1, 0.15) is 5.82 Å². The molecule has 1 atom stereocenters. The number of nitrogens with one attached hydrogen (secondary N) is 2. The second kappa shape index (κ2) is 5.65. The number of tetrazole rings is 1. The van der Waals surface area contributed by atoms with Crippen molar-refractivity contribution in [3.63, 3.8) is 0 Å². The lowest BCUT2D eigenvalue weighted by Crippen LogP contribution is -2.33. The maximum absolute atomic E-state index is 11.9. The van der Waals surface area contributed by atoms with Crippen LogP contribution in [-0.2, 0) is 0 Å². The lowest BCUT2D eigenvalue weighted by Gasteiger charge is -2.13. The first-order chi connectivity index (χ1) is 10.1. The Kier molecular flexibility index (Phi) is 3.70. The highest BCUT2D eigenvalue weighted by Crippen LogP contribution is 2.35. The van der Waals surface area contributed by atoms with E-state index in [1.807, 2.05) is 6.92 Å². The first kappa shape index (κ1) is 13.7. The maximum Gasteiger partial charge on any atom is 0.320 e. The van der Waals surface area contributed by atoms with Crippen LogP contribution in [0.2, 0.25) is 5.02 Å². The van der Waals surface area contributed by atoms with Gasteiger partial charge in [-0.3, -0.25) is 5.32 Å². The van der Waals surface area contributed by atoms with E-state index < -0.39 is 0 Å². The normalized spacial score (nSPS) is 15.5. The molecule has 2 aromatic rings. The minimum absolute atomic E-state index is 0.298. The third-order valence-electron chi connectivity index (χ3n) is 3.11. The van der Waals surface area contributed by atoms with Crippen molar-refractivity contribution in [2.75, 3.05) is 5.32 Å². The zero-order valence-corrected chi connectivity index (χ0v) is 12.1. The number of nitrogens with zero attached hydrogens (tertiary/aromatic N) is 5. The van der Waals surface area contributed by atoms with Crippen molar-refractivity contribution in [2.45, 2.75) is 31.8 Å². The topological polar surface area (TPSA) is 97.6 Å². The number of urea groups is 1. The first-order valence-corrected chi connectivity index (χ1v) is 6.98. The molecular weight excluding hydrogens is 294 g/mol. The minimum Gasteiger partial charge on any atom is -0.328 e. The molecule has 0 aliphatic heterocycles. The van der Waals surface area contributed by atoms with Crippen LogP contribution in [0, 0.1) is 0 Å². The number of hydrogen-bond acceptors (Lipinski definition) is 5. The smallest absolute Gasteiger partial charge is 0.320 e. The standard InChI is InChI=1S/C12H14ClN7O/c1-7(11-17-18-19-20(11)9-3-4-9)15-12(21)16-10-5-2-8(13)6-14-10/h2,5-7,9H,3-4H2,1H3,(H2,14,15,16,21)/t7-/m0/s1. The van der Waals surface area contributed by atoms with Gasteiger partial charge in [0.25, 0.3) is 0 Å². The monoisotopic (exact) mass is 307 g/mol. The van der Waals surface area contributed by atoms with Crippen molar-refractivity contribution >= 4 is 23.4 Å². The van der Waals surface area contributed by atoms with Crippen LogP contribution in [0.3, 0.4) is 0 Å². The minimum atomic E-state index is -0.373. The molecule has 8 nitrogen and oxygen atoms in total. The second-order valence-corrected chi connectivity index (χ2v) is 5.33. The number of carbonyl (C=O) groups is 1. The third-order valence-corrected chi connectivity index (χ3v) is 3.34. The predicted molar refractivity (Wildman–Crippen MR) is 75.9 cm³/mol. The molecule has 3 rings (SSSR count). The summed E-state index contributed by atoms with van der Waals surface area (Å²) in [6, 6.07) is 2.97. The number of aromatic nitrogens is 5. The van der Waals surface area contributed by atoms with Gasteiger partial charge in [-0.15, -0.1) is 5.10 Å². The Labute approximate surface area is 125 Å². The molecule has 0 unspecified atom stereocenters. The van der Waals surface area contributed by atoms with E-state index >= 15 is 0 Å². The molecule has 2 heterocycles. The summed E-state index contributed by atoms with van der Waals surface area (Å²) in [7, 11) is 0. The largest absolute Gasteiger partial charge is 0.328 e. The Bertz CT molecular complexity index is 637. The fraction of sp³-hybridized carbons (Fsp3) is 0.417. The molecule has 1 saturated carbocycles. The number of hydrogen-bond donors (Lipinski definition) is 2. The summed E-state index contributed by atoms with van der Waals surface area (Å²) in [5.74, 6) is 1.07. The van der Waals surface area contributed by atoms with Crippen LogP contribution in [0.4, 0.5) is 10.6 Å². The molecule has 0 saturated heterocycles. The lowest BCUT2D eigenvalue weighted by atomic mass is 10.3. The van der Waals surface area contributed by atoms with Crippen molar-refractivity contribution in [3.8, 4) is 0 Å². The lowest BCUT2D eigenvalue weighted by molar-refractivity contribution is 0.248. The molecule has 2 aromatic heterocycles. The van der Waals surface area contributed by atoms with Crippen LogP contribution in [0.25, 0.3) is 0 Å². The Morgan fingerprint density at radius 3 is 2.95 bits per heavy atom. The molecule has 2 amide bonds. The zero-order valence-electron chi connectivity index (χ0n) is 11.3. The van der Waals surface area contributed by atoms with Gasteiger partial charge < -0.3 is 5.32 Å². The van der Waals surface area contributed by atoms with Gasteiger partial charge in [-0.25, -0.2) is 14.5 Å². The molecule has 1 aliphatic rings. The van der Waals surface area contributed by atoms with Gasteiger partial charge in [-0.05, 0) is 42.3 Å². The van der Waals surface area contributed by atoms with E-state index in [2.05, 4.69) is 31.1 Å². The molecule has 0 aromatic carbocycles. The van der Waals surface area contributed by atoms with Crippen LogP contribution in [-0.4, -0.2) is 31.2 Å². The Hall–Kier alpha value is -2.22. The van der Waals surface area contributed by atoms with Gasteiger partial charge in [-0.2, -0.15) is 0 Å². The van der Waals surface area contributed by atoms with E-state index in [1.165, 1.54) is 6.20 Å². The first-order valence-electron chi connectivity index (χ1n) is 6.60. The van der Waals surface area contributed by atoms with Gasteiger partial charge in [0.2, 0.25) is 0 Å². The quantitative estimate of drug-likeness (QED) is 0.899. The highest BCUT2D eigenvalue weighted by atomic mass is 35.5. The van der Waals surface area contributed by atoms with E-state index in [-0.39, 0.29) is 12.1 Å². The molecule has 21 heavy (non-hydrogen) atoms. The number of rotatable bonds is 4. The van der Waals surface area contributed by atoms with Crippen LogP contribution in [0.15, 0.2) is 18.3 Å². The van der Waals surface area contributed by atoms with E-state index in [4.69, 9.17) is 11.6 Å². The molecular formula is C12H14ClN7O. The van der Waals surface area contributed by atoms with E-state index in [0.717, 1.165) is 12.8 Å². The molecule has 1 aliphatic carbocycles. The molecule has 0 spiro atoms. The highest BCUT2D eigenvalue weighted by Gasteiger charge is 2.29. The summed E-state index contributed by atoms with van der Waals surface area (Å²) in [5.41, 5.74) is 0. The van der Waals surface area contributed by atoms with E-state index in [1.54, 1.807) is 16.8 Å². The molecule has 0 radical (unpaired) electrons. The highest BCUT2D eigenvalue weighted by molar-refractivity contribution is 6.30. The summed E-state index contributed by atoms with van der Waals surface area (Å²) >= 11 is 5.74. The van der Waals surface area contributed by atoms with Crippen molar-refractivity contribution in [2.24, 2.45) is 0 Å². The number of anilines is 1. The second-order valence-electron chi connectivity index (χ2n) is 4.89. The number of pyridine rings is 1. The maximum atomic E-state index is 11.9. The molecule has 9 heteroatoms. The molecule has 0 bridgehead atoms. The molecule has 2 N–H and O–H groups in total. The Morgan fingerprint density at radius 2 is 2.29 bits per heavy atom. The van der Waals surface area contributed by atoms with Gasteiger partial charge in [0.15, 0.2) is 5.82 Å². The summed E-state index contributed by atoms with van der Waals surface area (Å²) in [6.45, 7) is 1.83. The third kappa shape index (κ3) is 3.27. The van der Waals surface area contributed by atoms with E-state index in [0.29, 0.717) is 22.7 Å². The number of carbonyl (C=O) groups excluding carboxylic acids is 1. The van der Waals surface area contributed by atoms with E-state index in [9.17, 15) is 4.79 Å². The summed E-state index contributed by atoms with van der Waals surface area (Å²) in [6.07, 6.45) is 3.62. The summed E-state index contributed by atoms with van der Waals surface area (Å²) < 4.78 is 1.77. The van der Waals surface area contributed by atoms with Gasteiger partial charge in [-0.1, -0.05) is 11.6 Å². The van der Waals surface area contributed by atoms with Gasteiger partial charge in [0.05, 0.1) is 17.1 Å². The predicted octanol–water partition coefficient (Wildman–Crippen LogP) is 1.94. The van der Waals surface area contributed by atoms with Crippen LogP contribution < -0.4 is 10.6 Å². The fourth-order valence-electron chi connectivity index (χ4n) is 1.93. The van der Waals surface area contributed by atoms with Gasteiger partial charge >= 0.3 is 6.03 Å². The number of halogens is 1. The number of amides is 2. The average molecular weight is 308 g/mol.